The fourth-order valence-electron chi connectivity index (χ4n) is 3.12. The minimum Gasteiger partial charge on any atom is -0.459 e. The smallest absolute Gasteiger partial charge is 0.289 e. The van der Waals surface area contributed by atoms with E-state index in [1.807, 2.05) is 17.0 Å². The summed E-state index contributed by atoms with van der Waals surface area (Å²) in [5.41, 5.74) is 2.40. The summed E-state index contributed by atoms with van der Waals surface area (Å²) in [5, 5.41) is 0. The third-order valence-electron chi connectivity index (χ3n) is 4.83. The van der Waals surface area contributed by atoms with E-state index in [-0.39, 0.29) is 17.2 Å². The van der Waals surface area contributed by atoms with Gasteiger partial charge in [-0.15, -0.1) is 0 Å². The fraction of sp³-hybridized carbons (Fsp3) is 0.429. The number of furan rings is 1. The van der Waals surface area contributed by atoms with Gasteiger partial charge in [0, 0.05) is 26.2 Å². The van der Waals surface area contributed by atoms with E-state index >= 15 is 0 Å². The van der Waals surface area contributed by atoms with Crippen LogP contribution in [0, 0.1) is 0 Å². The second-order valence-corrected chi connectivity index (χ2v) is 7.77. The highest BCUT2D eigenvalue weighted by Gasteiger charge is 2.26. The molecule has 0 N–H and O–H groups in total. The monoisotopic (exact) mass is 354 g/mol. The molecule has 1 saturated heterocycles. The quantitative estimate of drug-likeness (QED) is 0.851. The molecule has 0 bridgehead atoms. The molecule has 3 rings (SSSR count). The average Bonchev–Trinajstić information content (AvgIpc) is 3.15. The number of rotatable bonds is 3. The Kier molecular flexibility index (Phi) is 5.16. The summed E-state index contributed by atoms with van der Waals surface area (Å²) in [6.07, 6.45) is 1.90. The summed E-state index contributed by atoms with van der Waals surface area (Å²) >= 11 is 0. The van der Waals surface area contributed by atoms with Crippen LogP contribution in [0.3, 0.4) is 0 Å². The van der Waals surface area contributed by atoms with Crippen LogP contribution in [-0.4, -0.2) is 47.8 Å². The van der Waals surface area contributed by atoms with Gasteiger partial charge in [-0.2, -0.15) is 0 Å². The first-order chi connectivity index (χ1) is 12.3. The van der Waals surface area contributed by atoms with Crippen LogP contribution in [0.4, 0.5) is 0 Å². The van der Waals surface area contributed by atoms with Gasteiger partial charge < -0.3 is 14.2 Å². The van der Waals surface area contributed by atoms with Crippen molar-refractivity contribution < 1.29 is 14.0 Å². The van der Waals surface area contributed by atoms with Crippen molar-refractivity contribution in [1.29, 1.82) is 0 Å². The molecule has 1 fully saturated rings. The van der Waals surface area contributed by atoms with Gasteiger partial charge in [0.2, 0.25) is 5.91 Å². The number of hydrogen-bond donors (Lipinski definition) is 0. The second kappa shape index (κ2) is 7.36. The summed E-state index contributed by atoms with van der Waals surface area (Å²) < 4.78 is 5.16. The van der Waals surface area contributed by atoms with Crippen LogP contribution < -0.4 is 0 Å². The molecule has 5 nitrogen and oxygen atoms in total. The maximum Gasteiger partial charge on any atom is 0.289 e. The van der Waals surface area contributed by atoms with Gasteiger partial charge in [0.1, 0.15) is 0 Å². The fourth-order valence-corrected chi connectivity index (χ4v) is 3.12. The normalized spacial score (nSPS) is 15.2. The lowest BCUT2D eigenvalue weighted by Gasteiger charge is -2.34. The van der Waals surface area contributed by atoms with Crippen LogP contribution in [0.5, 0.6) is 0 Å². The molecule has 0 aliphatic carbocycles. The molecule has 2 aromatic rings. The van der Waals surface area contributed by atoms with Crippen LogP contribution >= 0.6 is 0 Å². The molecule has 26 heavy (non-hydrogen) atoms. The molecule has 1 aromatic heterocycles. The Hall–Kier alpha value is -2.56. The van der Waals surface area contributed by atoms with Gasteiger partial charge in [-0.05, 0) is 28.7 Å². The van der Waals surface area contributed by atoms with Crippen molar-refractivity contribution in [2.75, 3.05) is 26.2 Å². The van der Waals surface area contributed by atoms with Crippen LogP contribution in [0.25, 0.3) is 0 Å². The summed E-state index contributed by atoms with van der Waals surface area (Å²) in [5.74, 6) is 0.349. The Labute approximate surface area is 154 Å². The van der Waals surface area contributed by atoms with Gasteiger partial charge in [-0.25, -0.2) is 0 Å². The topological polar surface area (TPSA) is 53.8 Å². The van der Waals surface area contributed by atoms with Gasteiger partial charge in [0.15, 0.2) is 5.76 Å². The van der Waals surface area contributed by atoms with E-state index < -0.39 is 0 Å². The highest BCUT2D eigenvalue weighted by atomic mass is 16.3. The molecule has 0 unspecified atom stereocenters. The van der Waals surface area contributed by atoms with Gasteiger partial charge >= 0.3 is 0 Å². The van der Waals surface area contributed by atoms with Crippen molar-refractivity contribution in [3.05, 3.63) is 59.5 Å². The lowest BCUT2D eigenvalue weighted by Crippen LogP contribution is -2.50. The largest absolute Gasteiger partial charge is 0.459 e. The second-order valence-electron chi connectivity index (χ2n) is 7.77. The molecule has 0 saturated carbocycles. The van der Waals surface area contributed by atoms with E-state index in [2.05, 4.69) is 32.9 Å². The highest BCUT2D eigenvalue weighted by molar-refractivity contribution is 5.91. The Bertz CT molecular complexity index is 750. The van der Waals surface area contributed by atoms with Gasteiger partial charge in [-0.3, -0.25) is 9.59 Å². The van der Waals surface area contributed by atoms with Crippen LogP contribution in [-0.2, 0) is 16.6 Å². The van der Waals surface area contributed by atoms with Gasteiger partial charge in [0.25, 0.3) is 5.91 Å². The Morgan fingerprint density at radius 1 is 0.962 bits per heavy atom. The Balaban J connectivity index is 1.53. The first kappa shape index (κ1) is 18.2. The zero-order valence-corrected chi connectivity index (χ0v) is 15.7. The Morgan fingerprint density at radius 3 is 2.12 bits per heavy atom. The zero-order chi connectivity index (χ0) is 18.7. The molecule has 0 spiro atoms. The summed E-state index contributed by atoms with van der Waals surface area (Å²) in [7, 11) is 0. The van der Waals surface area contributed by atoms with E-state index in [1.54, 1.807) is 17.0 Å². The zero-order valence-electron chi connectivity index (χ0n) is 15.7. The first-order valence-corrected chi connectivity index (χ1v) is 9.04. The SMILES string of the molecule is CC(C)(C)c1ccc(CC(=O)N2CCN(C(=O)c3ccco3)CC2)cc1. The van der Waals surface area contributed by atoms with Gasteiger partial charge in [0.05, 0.1) is 12.7 Å². The predicted molar refractivity (Wildman–Crippen MR) is 100 cm³/mol. The van der Waals surface area contributed by atoms with E-state index in [0.29, 0.717) is 38.4 Å². The summed E-state index contributed by atoms with van der Waals surface area (Å²) in [6, 6.07) is 11.6. The molecule has 0 atom stereocenters. The maximum absolute atomic E-state index is 12.6. The van der Waals surface area contributed by atoms with E-state index in [4.69, 9.17) is 4.42 Å². The van der Waals surface area contributed by atoms with E-state index in [1.165, 1.54) is 11.8 Å². The van der Waals surface area contributed by atoms with Crippen LogP contribution in [0.15, 0.2) is 47.1 Å². The van der Waals surface area contributed by atoms with Crippen molar-refractivity contribution in [3.63, 3.8) is 0 Å². The molecule has 0 radical (unpaired) electrons. The molecule has 2 heterocycles. The summed E-state index contributed by atoms with van der Waals surface area (Å²) in [4.78, 5) is 28.4. The Morgan fingerprint density at radius 2 is 1.58 bits per heavy atom. The molecule has 2 amide bonds. The molecule has 1 aliphatic heterocycles. The number of carbonyl (C=O) groups excluding carboxylic acids is 2. The summed E-state index contributed by atoms with van der Waals surface area (Å²) in [6.45, 7) is 8.73. The minimum atomic E-state index is -0.111. The van der Waals surface area contributed by atoms with Crippen molar-refractivity contribution in [2.45, 2.75) is 32.6 Å². The third-order valence-corrected chi connectivity index (χ3v) is 4.83. The molecule has 5 heteroatoms. The lowest BCUT2D eigenvalue weighted by molar-refractivity contribution is -0.131. The molecular weight excluding hydrogens is 328 g/mol. The predicted octanol–water partition coefficient (Wildman–Crippen LogP) is 3.10. The lowest BCUT2D eigenvalue weighted by atomic mass is 9.86. The first-order valence-electron chi connectivity index (χ1n) is 9.04. The average molecular weight is 354 g/mol. The highest BCUT2D eigenvalue weighted by Crippen LogP contribution is 2.22. The van der Waals surface area contributed by atoms with Crippen molar-refractivity contribution in [1.82, 2.24) is 9.80 Å². The number of hydrogen-bond acceptors (Lipinski definition) is 3. The number of piperazine rings is 1. The van der Waals surface area contributed by atoms with Crippen LogP contribution in [0.1, 0.15) is 42.5 Å². The van der Waals surface area contributed by atoms with E-state index in [9.17, 15) is 9.59 Å². The number of carbonyl (C=O) groups is 2. The molecule has 1 aliphatic rings. The van der Waals surface area contributed by atoms with Crippen LogP contribution in [0.2, 0.25) is 0 Å². The molecular formula is C21H26N2O3. The van der Waals surface area contributed by atoms with Crippen molar-refractivity contribution in [2.24, 2.45) is 0 Å². The number of nitrogens with zero attached hydrogens (tertiary/aromatic N) is 2. The van der Waals surface area contributed by atoms with Gasteiger partial charge in [-0.1, -0.05) is 45.0 Å². The molecule has 138 valence electrons. The minimum absolute atomic E-state index is 0.110. The maximum atomic E-state index is 12.6. The standard InChI is InChI=1S/C21H26N2O3/c1-21(2,3)17-8-6-16(7-9-17)15-19(24)22-10-12-23(13-11-22)20(25)18-5-4-14-26-18/h4-9,14H,10-13,15H2,1-3H3. The molecule has 1 aromatic carbocycles. The number of benzene rings is 1. The van der Waals surface area contributed by atoms with Crippen molar-refractivity contribution >= 4 is 11.8 Å². The van der Waals surface area contributed by atoms with Crippen molar-refractivity contribution in [3.8, 4) is 0 Å². The van der Waals surface area contributed by atoms with E-state index in [0.717, 1.165) is 5.56 Å². The number of amides is 2. The third kappa shape index (κ3) is 4.15.